The van der Waals surface area contributed by atoms with Crippen LogP contribution in [0.15, 0.2) is 30.5 Å². The third-order valence-corrected chi connectivity index (χ3v) is 2.30. The zero-order valence-corrected chi connectivity index (χ0v) is 9.53. The van der Waals surface area contributed by atoms with Crippen molar-refractivity contribution >= 4 is 29.2 Å². The first-order valence-electron chi connectivity index (χ1n) is 4.36. The summed E-state index contributed by atoms with van der Waals surface area (Å²) in [6.45, 7) is 0. The van der Waals surface area contributed by atoms with Gasteiger partial charge >= 0.3 is 0 Å². The summed E-state index contributed by atoms with van der Waals surface area (Å²) in [6, 6.07) is 6.49. The van der Waals surface area contributed by atoms with E-state index in [0.717, 1.165) is 0 Å². The van der Waals surface area contributed by atoms with Crippen LogP contribution >= 0.6 is 23.2 Å². The van der Waals surface area contributed by atoms with Gasteiger partial charge in [0, 0.05) is 23.4 Å². The monoisotopic (exact) mass is 255 g/mol. The summed E-state index contributed by atoms with van der Waals surface area (Å²) >= 11 is 11.7. The average molecular weight is 256 g/mol. The zero-order valence-electron chi connectivity index (χ0n) is 8.02. The second-order valence-corrected chi connectivity index (χ2v) is 3.77. The molecule has 0 aliphatic carbocycles. The van der Waals surface area contributed by atoms with Crippen LogP contribution in [0.1, 0.15) is 0 Å². The van der Waals surface area contributed by atoms with Gasteiger partial charge in [0.1, 0.15) is 5.75 Å². The molecule has 2 aromatic rings. The molecule has 0 saturated carbocycles. The van der Waals surface area contributed by atoms with E-state index in [4.69, 9.17) is 33.7 Å². The molecule has 82 valence electrons. The molecule has 0 unspecified atom stereocenters. The van der Waals surface area contributed by atoms with Gasteiger partial charge in [-0.3, -0.25) is 0 Å². The van der Waals surface area contributed by atoms with Crippen molar-refractivity contribution in [2.75, 3.05) is 5.73 Å². The normalized spacial score (nSPS) is 10.1. The zero-order chi connectivity index (χ0) is 11.5. The van der Waals surface area contributed by atoms with Crippen molar-refractivity contribution < 1.29 is 4.74 Å². The van der Waals surface area contributed by atoms with E-state index < -0.39 is 0 Å². The van der Waals surface area contributed by atoms with Gasteiger partial charge in [0.25, 0.3) is 0 Å². The fraction of sp³-hybridized carbons (Fsp3) is 0. The maximum absolute atomic E-state index is 5.93. The van der Waals surface area contributed by atoms with Crippen molar-refractivity contribution in [3.05, 3.63) is 40.5 Å². The molecule has 2 N–H and O–H groups in total. The SMILES string of the molecule is Nc1nccc(Oc2cc(Cl)ccc2Cl)n1. The van der Waals surface area contributed by atoms with Crippen LogP contribution in [0.2, 0.25) is 10.0 Å². The lowest BCUT2D eigenvalue weighted by molar-refractivity contribution is 0.463. The Morgan fingerprint density at radius 1 is 1.19 bits per heavy atom. The van der Waals surface area contributed by atoms with Crippen LogP contribution in [0.3, 0.4) is 0 Å². The molecule has 0 bridgehead atoms. The maximum atomic E-state index is 5.93. The number of nitrogens with zero attached hydrogens (tertiary/aromatic N) is 2. The number of nitrogen functional groups attached to an aromatic ring is 1. The van der Waals surface area contributed by atoms with E-state index in [1.807, 2.05) is 0 Å². The van der Waals surface area contributed by atoms with Crippen molar-refractivity contribution in [1.29, 1.82) is 0 Å². The topological polar surface area (TPSA) is 61.0 Å². The molecule has 4 nitrogen and oxygen atoms in total. The molecule has 6 heteroatoms. The van der Waals surface area contributed by atoms with E-state index in [9.17, 15) is 0 Å². The number of rotatable bonds is 2. The molecule has 1 heterocycles. The summed E-state index contributed by atoms with van der Waals surface area (Å²) < 4.78 is 5.42. The van der Waals surface area contributed by atoms with Crippen LogP contribution in [0.25, 0.3) is 0 Å². The Bertz CT molecular complexity index is 519. The third kappa shape index (κ3) is 2.53. The van der Waals surface area contributed by atoms with Crippen LogP contribution in [0.4, 0.5) is 5.95 Å². The number of nitrogens with two attached hydrogens (primary N) is 1. The van der Waals surface area contributed by atoms with Crippen LogP contribution in [-0.4, -0.2) is 9.97 Å². The van der Waals surface area contributed by atoms with Gasteiger partial charge in [-0.05, 0) is 12.1 Å². The van der Waals surface area contributed by atoms with Crippen LogP contribution < -0.4 is 10.5 Å². The molecule has 2 rings (SSSR count). The summed E-state index contributed by atoms with van der Waals surface area (Å²) in [7, 11) is 0. The average Bonchev–Trinajstić information content (AvgIpc) is 2.24. The number of ether oxygens (including phenoxy) is 1. The molecule has 0 aliphatic heterocycles. The molecule has 0 spiro atoms. The Morgan fingerprint density at radius 2 is 2.00 bits per heavy atom. The van der Waals surface area contributed by atoms with Crippen molar-refractivity contribution in [3.8, 4) is 11.6 Å². The lowest BCUT2D eigenvalue weighted by Gasteiger charge is -2.06. The molecule has 1 aromatic heterocycles. The molecule has 0 amide bonds. The standard InChI is InChI=1S/C10H7Cl2N3O/c11-6-1-2-7(12)8(5-6)16-9-3-4-14-10(13)15-9/h1-5H,(H2,13,14,15). The fourth-order valence-electron chi connectivity index (χ4n) is 1.08. The van der Waals surface area contributed by atoms with E-state index in [-0.39, 0.29) is 5.95 Å². The minimum atomic E-state index is 0.135. The molecular formula is C10H7Cl2N3O. The maximum Gasteiger partial charge on any atom is 0.224 e. The lowest BCUT2D eigenvalue weighted by atomic mass is 10.3. The first-order valence-corrected chi connectivity index (χ1v) is 5.12. The van der Waals surface area contributed by atoms with Gasteiger partial charge < -0.3 is 10.5 Å². The molecule has 16 heavy (non-hydrogen) atoms. The molecule has 0 radical (unpaired) electrons. The van der Waals surface area contributed by atoms with E-state index in [1.54, 1.807) is 24.3 Å². The Morgan fingerprint density at radius 3 is 2.75 bits per heavy atom. The largest absolute Gasteiger partial charge is 0.437 e. The van der Waals surface area contributed by atoms with Gasteiger partial charge in [0.2, 0.25) is 11.8 Å². The van der Waals surface area contributed by atoms with E-state index in [1.165, 1.54) is 6.20 Å². The lowest BCUT2D eigenvalue weighted by Crippen LogP contribution is -1.96. The van der Waals surface area contributed by atoms with Gasteiger partial charge in [-0.2, -0.15) is 4.98 Å². The summed E-state index contributed by atoms with van der Waals surface area (Å²) in [4.78, 5) is 7.63. The Balaban J connectivity index is 2.30. The number of aromatic nitrogens is 2. The molecular weight excluding hydrogens is 249 g/mol. The van der Waals surface area contributed by atoms with Gasteiger partial charge in [-0.25, -0.2) is 4.98 Å². The smallest absolute Gasteiger partial charge is 0.224 e. The van der Waals surface area contributed by atoms with E-state index >= 15 is 0 Å². The number of anilines is 1. The summed E-state index contributed by atoms with van der Waals surface area (Å²) in [5.74, 6) is 0.875. The Kier molecular flexibility index (Phi) is 3.12. The van der Waals surface area contributed by atoms with Crippen LogP contribution in [-0.2, 0) is 0 Å². The van der Waals surface area contributed by atoms with Crippen LogP contribution in [0.5, 0.6) is 11.6 Å². The number of benzene rings is 1. The van der Waals surface area contributed by atoms with Gasteiger partial charge in [0.15, 0.2) is 0 Å². The minimum absolute atomic E-state index is 0.135. The highest BCUT2D eigenvalue weighted by Crippen LogP contribution is 2.30. The molecule has 1 aromatic carbocycles. The molecule has 0 atom stereocenters. The highest BCUT2D eigenvalue weighted by molar-refractivity contribution is 6.34. The van der Waals surface area contributed by atoms with Crippen molar-refractivity contribution in [1.82, 2.24) is 9.97 Å². The second kappa shape index (κ2) is 4.55. The first kappa shape index (κ1) is 11.0. The van der Waals surface area contributed by atoms with Crippen molar-refractivity contribution in [2.45, 2.75) is 0 Å². The number of halogens is 2. The Hall–Kier alpha value is -1.52. The van der Waals surface area contributed by atoms with E-state index in [2.05, 4.69) is 9.97 Å². The van der Waals surface area contributed by atoms with Crippen LogP contribution in [0, 0.1) is 0 Å². The van der Waals surface area contributed by atoms with Gasteiger partial charge in [-0.1, -0.05) is 23.2 Å². The Labute approximate surface area is 102 Å². The quantitative estimate of drug-likeness (QED) is 0.896. The first-order chi connectivity index (χ1) is 7.65. The highest BCUT2D eigenvalue weighted by Gasteiger charge is 2.05. The molecule has 0 fully saturated rings. The van der Waals surface area contributed by atoms with E-state index in [0.29, 0.717) is 21.7 Å². The molecule has 0 aliphatic rings. The fourth-order valence-corrected chi connectivity index (χ4v) is 1.40. The second-order valence-electron chi connectivity index (χ2n) is 2.93. The van der Waals surface area contributed by atoms with Crippen molar-refractivity contribution in [3.63, 3.8) is 0 Å². The predicted molar refractivity (Wildman–Crippen MR) is 63.0 cm³/mol. The highest BCUT2D eigenvalue weighted by atomic mass is 35.5. The summed E-state index contributed by atoms with van der Waals surface area (Å²) in [5, 5.41) is 0.975. The number of hydrogen-bond donors (Lipinski definition) is 1. The van der Waals surface area contributed by atoms with Gasteiger partial charge in [0.05, 0.1) is 5.02 Å². The molecule has 0 saturated heterocycles. The summed E-state index contributed by atoms with van der Waals surface area (Å²) in [5.41, 5.74) is 5.42. The summed E-state index contributed by atoms with van der Waals surface area (Å²) in [6.07, 6.45) is 1.50. The van der Waals surface area contributed by atoms with Crippen molar-refractivity contribution in [2.24, 2.45) is 0 Å². The predicted octanol–water partition coefficient (Wildman–Crippen LogP) is 3.16. The third-order valence-electron chi connectivity index (χ3n) is 1.76. The minimum Gasteiger partial charge on any atom is -0.437 e. The number of hydrogen-bond acceptors (Lipinski definition) is 4. The van der Waals surface area contributed by atoms with Gasteiger partial charge in [-0.15, -0.1) is 0 Å².